The van der Waals surface area contributed by atoms with Gasteiger partial charge in [-0.05, 0) is 45.5 Å². The van der Waals surface area contributed by atoms with Crippen molar-refractivity contribution in [3.05, 3.63) is 113 Å². The van der Waals surface area contributed by atoms with Crippen molar-refractivity contribution in [3.63, 3.8) is 0 Å². The van der Waals surface area contributed by atoms with E-state index in [4.69, 9.17) is 5.84 Å². The number of hydrogen-bond donors (Lipinski definition) is 3. The van der Waals surface area contributed by atoms with Crippen molar-refractivity contribution in [1.29, 1.82) is 0 Å². The number of fused-ring (bicyclic) bond motifs is 2. The number of aromatic nitrogens is 1. The number of nitrogens with two attached hydrogens (primary N) is 1. The second kappa shape index (κ2) is 11.3. The summed E-state index contributed by atoms with van der Waals surface area (Å²) in [4.78, 5) is 30.7. The molecule has 186 valence electrons. The topological polar surface area (TPSA) is 97.1 Å². The van der Waals surface area contributed by atoms with E-state index in [-0.39, 0.29) is 12.3 Å². The van der Waals surface area contributed by atoms with E-state index in [0.717, 1.165) is 38.4 Å². The van der Waals surface area contributed by atoms with Crippen LogP contribution in [0.3, 0.4) is 0 Å². The van der Waals surface area contributed by atoms with Crippen molar-refractivity contribution in [1.82, 2.24) is 15.7 Å². The van der Waals surface area contributed by atoms with Gasteiger partial charge in [-0.25, -0.2) is 10.8 Å². The molecule has 0 aliphatic heterocycles. The average molecular weight is 509 g/mol. The molecular formula is C30H28N4O2S. The molecule has 4 aromatic carbocycles. The van der Waals surface area contributed by atoms with Crippen molar-refractivity contribution in [2.45, 2.75) is 25.3 Å². The molecule has 0 fully saturated rings. The fraction of sp³-hybridized carbons (Fsp3) is 0.167. The van der Waals surface area contributed by atoms with Crippen LogP contribution in [-0.4, -0.2) is 22.8 Å². The van der Waals surface area contributed by atoms with Crippen LogP contribution in [0, 0.1) is 5.92 Å². The molecule has 0 aliphatic rings. The van der Waals surface area contributed by atoms with Crippen LogP contribution in [0.4, 0.5) is 0 Å². The number of rotatable bonds is 9. The number of carbonyl (C=O) groups is 2. The van der Waals surface area contributed by atoms with E-state index in [1.54, 1.807) is 5.51 Å². The molecule has 5 rings (SSSR count). The third kappa shape index (κ3) is 5.69. The molecule has 0 saturated carbocycles. The number of thiazole rings is 1. The summed E-state index contributed by atoms with van der Waals surface area (Å²) in [5.41, 5.74) is 6.82. The zero-order valence-corrected chi connectivity index (χ0v) is 21.1. The number of nitrogens with one attached hydrogen (secondary N) is 2. The predicted octanol–water partition coefficient (Wildman–Crippen LogP) is 4.57. The Balaban J connectivity index is 1.48. The van der Waals surface area contributed by atoms with E-state index in [9.17, 15) is 9.59 Å². The SMILES string of the molecule is NNC(=O)[C@H](Cc1cscn1)NC(=O)C(Cc1cccc2ccccc12)Cc1cccc2ccccc12. The second-order valence-corrected chi connectivity index (χ2v) is 9.85. The van der Waals surface area contributed by atoms with Crippen LogP contribution in [-0.2, 0) is 28.9 Å². The fourth-order valence-electron chi connectivity index (χ4n) is 4.88. The molecule has 5 aromatic rings. The van der Waals surface area contributed by atoms with E-state index in [2.05, 4.69) is 64.3 Å². The summed E-state index contributed by atoms with van der Waals surface area (Å²) in [7, 11) is 0. The Kier molecular flexibility index (Phi) is 7.54. The van der Waals surface area contributed by atoms with Gasteiger partial charge in [0.1, 0.15) is 6.04 Å². The van der Waals surface area contributed by atoms with Gasteiger partial charge < -0.3 is 5.32 Å². The summed E-state index contributed by atoms with van der Waals surface area (Å²) in [5.74, 6) is 4.42. The Bertz CT molecular complexity index is 1440. The van der Waals surface area contributed by atoms with Crippen LogP contribution in [0.1, 0.15) is 16.8 Å². The minimum Gasteiger partial charge on any atom is -0.344 e. The van der Waals surface area contributed by atoms with E-state index in [0.29, 0.717) is 12.8 Å². The van der Waals surface area contributed by atoms with Gasteiger partial charge in [-0.15, -0.1) is 11.3 Å². The number of nitrogens with zero attached hydrogens (tertiary/aromatic N) is 1. The van der Waals surface area contributed by atoms with Crippen LogP contribution >= 0.6 is 11.3 Å². The molecule has 4 N–H and O–H groups in total. The summed E-state index contributed by atoms with van der Waals surface area (Å²) < 4.78 is 0. The van der Waals surface area contributed by atoms with Crippen molar-refractivity contribution >= 4 is 44.7 Å². The van der Waals surface area contributed by atoms with E-state index >= 15 is 0 Å². The molecule has 0 aliphatic carbocycles. The first-order valence-corrected chi connectivity index (χ1v) is 13.2. The molecule has 0 radical (unpaired) electrons. The van der Waals surface area contributed by atoms with E-state index < -0.39 is 17.9 Å². The fourth-order valence-corrected chi connectivity index (χ4v) is 5.45. The van der Waals surface area contributed by atoms with Crippen LogP contribution in [0.15, 0.2) is 95.8 Å². The Labute approximate surface area is 219 Å². The molecular weight excluding hydrogens is 480 g/mol. The van der Waals surface area contributed by atoms with Gasteiger partial charge in [0.15, 0.2) is 0 Å². The highest BCUT2D eigenvalue weighted by atomic mass is 32.1. The Morgan fingerprint density at radius 2 is 1.32 bits per heavy atom. The smallest absolute Gasteiger partial charge is 0.256 e. The van der Waals surface area contributed by atoms with Crippen LogP contribution < -0.4 is 16.6 Å². The average Bonchev–Trinajstić information content (AvgIpc) is 3.45. The number of hydrogen-bond acceptors (Lipinski definition) is 5. The van der Waals surface area contributed by atoms with Gasteiger partial charge in [0.05, 0.1) is 11.2 Å². The lowest BCUT2D eigenvalue weighted by Crippen LogP contribution is -2.51. The number of carbonyl (C=O) groups excluding carboxylic acids is 2. The molecule has 1 aromatic heterocycles. The summed E-state index contributed by atoms with van der Waals surface area (Å²) >= 11 is 1.45. The highest BCUT2D eigenvalue weighted by molar-refractivity contribution is 7.07. The number of benzene rings is 4. The van der Waals surface area contributed by atoms with Crippen LogP contribution in [0.2, 0.25) is 0 Å². The summed E-state index contributed by atoms with van der Waals surface area (Å²) in [5, 5.41) is 9.36. The maximum absolute atomic E-state index is 13.8. The maximum Gasteiger partial charge on any atom is 0.256 e. The number of amides is 2. The molecule has 0 saturated heterocycles. The molecule has 0 bridgehead atoms. The Morgan fingerprint density at radius 3 is 1.86 bits per heavy atom. The zero-order valence-electron chi connectivity index (χ0n) is 20.3. The molecule has 2 amide bonds. The van der Waals surface area contributed by atoms with Crippen LogP contribution in [0.25, 0.3) is 21.5 Å². The van der Waals surface area contributed by atoms with Gasteiger partial charge in [-0.2, -0.15) is 0 Å². The lowest BCUT2D eigenvalue weighted by atomic mass is 9.87. The second-order valence-electron chi connectivity index (χ2n) is 9.14. The minimum atomic E-state index is -0.817. The third-order valence-electron chi connectivity index (χ3n) is 6.74. The van der Waals surface area contributed by atoms with Gasteiger partial charge in [-0.1, -0.05) is 84.9 Å². The molecule has 37 heavy (non-hydrogen) atoms. The first-order valence-electron chi connectivity index (χ1n) is 12.2. The molecule has 6 nitrogen and oxygen atoms in total. The highest BCUT2D eigenvalue weighted by Crippen LogP contribution is 2.26. The van der Waals surface area contributed by atoms with Gasteiger partial charge in [0.25, 0.3) is 5.91 Å². The highest BCUT2D eigenvalue weighted by Gasteiger charge is 2.27. The molecule has 1 heterocycles. The zero-order chi connectivity index (χ0) is 25.6. The minimum absolute atomic E-state index is 0.190. The predicted molar refractivity (Wildman–Crippen MR) is 149 cm³/mol. The van der Waals surface area contributed by atoms with Crippen molar-refractivity contribution in [3.8, 4) is 0 Å². The monoisotopic (exact) mass is 508 g/mol. The van der Waals surface area contributed by atoms with Crippen molar-refractivity contribution in [2.24, 2.45) is 11.8 Å². The van der Waals surface area contributed by atoms with E-state index in [1.165, 1.54) is 11.3 Å². The Morgan fingerprint density at radius 1 is 0.757 bits per heavy atom. The molecule has 0 spiro atoms. The normalized spacial score (nSPS) is 12.1. The summed E-state index contributed by atoms with van der Waals surface area (Å²) in [6.45, 7) is 0. The van der Waals surface area contributed by atoms with Gasteiger partial charge >= 0.3 is 0 Å². The molecule has 7 heteroatoms. The number of hydrazine groups is 1. The first-order chi connectivity index (χ1) is 18.1. The summed E-state index contributed by atoms with van der Waals surface area (Å²) in [6.07, 6.45) is 1.33. The van der Waals surface area contributed by atoms with Gasteiger partial charge in [0.2, 0.25) is 5.91 Å². The van der Waals surface area contributed by atoms with Crippen LogP contribution in [0.5, 0.6) is 0 Å². The molecule has 0 unspecified atom stereocenters. The lowest BCUT2D eigenvalue weighted by molar-refractivity contribution is -0.131. The van der Waals surface area contributed by atoms with Crippen molar-refractivity contribution in [2.75, 3.05) is 0 Å². The van der Waals surface area contributed by atoms with E-state index in [1.807, 2.05) is 41.8 Å². The Hall–Kier alpha value is -4.07. The van der Waals surface area contributed by atoms with Gasteiger partial charge in [-0.3, -0.25) is 15.0 Å². The first kappa shape index (κ1) is 24.6. The summed E-state index contributed by atoms with van der Waals surface area (Å²) in [6, 6.07) is 27.9. The van der Waals surface area contributed by atoms with Gasteiger partial charge in [0, 0.05) is 17.7 Å². The standard InChI is InChI=1S/C30H28N4O2S/c31-34-30(36)28(17-25-18-37-19-32-25)33-29(35)24(15-22-11-5-9-20-7-1-3-13-26(20)22)16-23-12-6-10-21-8-2-4-14-27(21)23/h1-14,18-19,24,28H,15-17,31H2,(H,33,35)(H,34,36)/t28-/m0/s1. The largest absolute Gasteiger partial charge is 0.344 e. The third-order valence-corrected chi connectivity index (χ3v) is 7.37. The van der Waals surface area contributed by atoms with Crippen molar-refractivity contribution < 1.29 is 9.59 Å². The maximum atomic E-state index is 13.8. The molecule has 1 atom stereocenters. The lowest BCUT2D eigenvalue weighted by Gasteiger charge is -2.23. The quantitative estimate of drug-likeness (QED) is 0.154.